The van der Waals surface area contributed by atoms with Gasteiger partial charge in [0.05, 0.1) is 36.6 Å². The molecule has 0 radical (unpaired) electrons. The van der Waals surface area contributed by atoms with Crippen LogP contribution in [0.25, 0.3) is 11.3 Å². The fraction of sp³-hybridized carbons (Fsp3) is 0.143. The Hall–Kier alpha value is -4.72. The third-order valence-corrected chi connectivity index (χ3v) is 6.12. The van der Waals surface area contributed by atoms with Crippen molar-refractivity contribution in [3.63, 3.8) is 0 Å². The zero-order valence-electron chi connectivity index (χ0n) is 19.7. The van der Waals surface area contributed by atoms with Crippen LogP contribution in [0.4, 0.5) is 5.69 Å². The van der Waals surface area contributed by atoms with Gasteiger partial charge in [-0.1, -0.05) is 42.5 Å². The smallest absolute Gasteiger partial charge is 0.338 e. The van der Waals surface area contributed by atoms with Gasteiger partial charge in [-0.15, -0.1) is 0 Å². The van der Waals surface area contributed by atoms with Crippen LogP contribution in [0.2, 0.25) is 0 Å². The fourth-order valence-corrected chi connectivity index (χ4v) is 4.44. The van der Waals surface area contributed by atoms with Gasteiger partial charge in [0.2, 0.25) is 0 Å². The predicted molar refractivity (Wildman–Crippen MR) is 133 cm³/mol. The lowest BCUT2D eigenvalue weighted by molar-refractivity contribution is 0.0525. The number of aromatic amines is 1. The molecule has 1 aromatic heterocycles. The largest absolute Gasteiger partial charge is 0.465 e. The van der Waals surface area contributed by atoms with Crippen molar-refractivity contribution in [2.24, 2.45) is 0 Å². The van der Waals surface area contributed by atoms with Gasteiger partial charge in [-0.05, 0) is 48.9 Å². The average molecular weight is 482 g/mol. The summed E-state index contributed by atoms with van der Waals surface area (Å²) in [6.45, 7) is 2.02. The second-order valence-electron chi connectivity index (χ2n) is 8.19. The van der Waals surface area contributed by atoms with E-state index in [4.69, 9.17) is 9.47 Å². The SMILES string of the molecule is CCOC(=O)c1ccc(N2C(=O)c3[nH]nc(-c4ccccc4)c3[C@@H]2c2ccc(C(=O)OC)cc2)cc1. The topological polar surface area (TPSA) is 102 Å². The number of benzene rings is 3. The first kappa shape index (κ1) is 23.0. The first-order valence-electron chi connectivity index (χ1n) is 11.5. The van der Waals surface area contributed by atoms with Gasteiger partial charge in [-0.3, -0.25) is 14.8 Å². The zero-order chi connectivity index (χ0) is 25.2. The number of hydrogen-bond donors (Lipinski definition) is 1. The van der Waals surface area contributed by atoms with Gasteiger partial charge >= 0.3 is 11.9 Å². The third kappa shape index (κ3) is 3.92. The highest BCUT2D eigenvalue weighted by Gasteiger charge is 2.43. The van der Waals surface area contributed by atoms with Crippen LogP contribution in [0.3, 0.4) is 0 Å². The molecule has 36 heavy (non-hydrogen) atoms. The number of fused-ring (bicyclic) bond motifs is 1. The molecule has 0 bridgehead atoms. The van der Waals surface area contributed by atoms with E-state index in [1.165, 1.54) is 7.11 Å². The summed E-state index contributed by atoms with van der Waals surface area (Å²) in [5.74, 6) is -1.11. The maximum Gasteiger partial charge on any atom is 0.338 e. The Kier molecular flexibility index (Phi) is 6.08. The van der Waals surface area contributed by atoms with E-state index in [9.17, 15) is 14.4 Å². The van der Waals surface area contributed by atoms with Crippen molar-refractivity contribution >= 4 is 23.5 Å². The van der Waals surface area contributed by atoms with Gasteiger partial charge < -0.3 is 9.47 Å². The second-order valence-corrected chi connectivity index (χ2v) is 8.19. The molecule has 5 rings (SSSR count). The molecule has 0 spiro atoms. The van der Waals surface area contributed by atoms with Gasteiger partial charge in [-0.25, -0.2) is 9.59 Å². The van der Waals surface area contributed by atoms with E-state index in [1.807, 2.05) is 30.3 Å². The van der Waals surface area contributed by atoms with E-state index in [1.54, 1.807) is 60.4 Å². The van der Waals surface area contributed by atoms with Crippen LogP contribution in [0.5, 0.6) is 0 Å². The lowest BCUT2D eigenvalue weighted by atomic mass is 9.95. The van der Waals surface area contributed by atoms with E-state index in [-0.39, 0.29) is 12.5 Å². The fourth-order valence-electron chi connectivity index (χ4n) is 4.44. The van der Waals surface area contributed by atoms with Gasteiger partial charge in [0, 0.05) is 16.8 Å². The Morgan fingerprint density at radius 1 is 0.917 bits per heavy atom. The number of nitrogens with zero attached hydrogens (tertiary/aromatic N) is 2. The molecule has 1 amide bonds. The molecule has 0 saturated heterocycles. The normalized spacial score (nSPS) is 14.4. The van der Waals surface area contributed by atoms with Crippen LogP contribution in [0.15, 0.2) is 78.9 Å². The van der Waals surface area contributed by atoms with E-state index >= 15 is 0 Å². The van der Waals surface area contributed by atoms with Gasteiger partial charge in [0.25, 0.3) is 5.91 Å². The Morgan fingerprint density at radius 2 is 1.56 bits per heavy atom. The third-order valence-electron chi connectivity index (χ3n) is 6.12. The number of rotatable bonds is 6. The van der Waals surface area contributed by atoms with Gasteiger partial charge in [0.15, 0.2) is 0 Å². The molecule has 8 nitrogen and oxygen atoms in total. The summed E-state index contributed by atoms with van der Waals surface area (Å²) in [6, 6.07) is 22.8. The Morgan fingerprint density at radius 3 is 2.19 bits per heavy atom. The maximum atomic E-state index is 13.7. The summed E-state index contributed by atoms with van der Waals surface area (Å²) >= 11 is 0. The van der Waals surface area contributed by atoms with Crippen LogP contribution in [0, 0.1) is 0 Å². The van der Waals surface area contributed by atoms with E-state index < -0.39 is 18.0 Å². The van der Waals surface area contributed by atoms with Crippen molar-refractivity contribution < 1.29 is 23.9 Å². The minimum Gasteiger partial charge on any atom is -0.465 e. The summed E-state index contributed by atoms with van der Waals surface area (Å²) in [5, 5.41) is 7.40. The van der Waals surface area contributed by atoms with Crippen LogP contribution >= 0.6 is 0 Å². The molecule has 0 fully saturated rings. The monoisotopic (exact) mass is 481 g/mol. The summed E-state index contributed by atoms with van der Waals surface area (Å²) < 4.78 is 9.90. The van der Waals surface area contributed by atoms with Crippen LogP contribution < -0.4 is 4.90 Å². The average Bonchev–Trinajstić information content (AvgIpc) is 3.48. The highest BCUT2D eigenvalue weighted by atomic mass is 16.5. The lowest BCUT2D eigenvalue weighted by Gasteiger charge is -2.26. The number of nitrogens with one attached hydrogen (secondary N) is 1. The van der Waals surface area contributed by atoms with Crippen LogP contribution in [0.1, 0.15) is 55.3 Å². The maximum absolute atomic E-state index is 13.7. The molecule has 0 unspecified atom stereocenters. The van der Waals surface area contributed by atoms with Gasteiger partial charge in [0.1, 0.15) is 5.69 Å². The summed E-state index contributed by atoms with van der Waals surface area (Å²) in [7, 11) is 1.33. The number of carbonyl (C=O) groups excluding carboxylic acids is 3. The lowest BCUT2D eigenvalue weighted by Crippen LogP contribution is -2.29. The number of aromatic nitrogens is 2. The van der Waals surface area contributed by atoms with Crippen molar-refractivity contribution in [1.82, 2.24) is 10.2 Å². The molecular weight excluding hydrogens is 458 g/mol. The molecule has 1 aliphatic heterocycles. The van der Waals surface area contributed by atoms with E-state index in [0.29, 0.717) is 28.2 Å². The summed E-state index contributed by atoms with van der Waals surface area (Å²) in [5.41, 5.74) is 4.89. The van der Waals surface area contributed by atoms with E-state index in [2.05, 4.69) is 10.2 Å². The molecule has 0 aliphatic carbocycles. The van der Waals surface area contributed by atoms with Crippen molar-refractivity contribution in [1.29, 1.82) is 0 Å². The highest BCUT2D eigenvalue weighted by molar-refractivity contribution is 6.12. The molecule has 2 heterocycles. The number of ether oxygens (including phenoxy) is 2. The Labute approximate surface area is 207 Å². The van der Waals surface area contributed by atoms with Crippen molar-refractivity contribution in [3.05, 3.63) is 107 Å². The highest BCUT2D eigenvalue weighted by Crippen LogP contribution is 2.45. The number of H-pyrrole nitrogens is 1. The first-order chi connectivity index (χ1) is 17.5. The molecule has 3 aromatic carbocycles. The molecule has 1 aliphatic rings. The molecule has 180 valence electrons. The molecular formula is C28H23N3O5. The minimum absolute atomic E-state index is 0.245. The second kappa shape index (κ2) is 9.50. The van der Waals surface area contributed by atoms with Crippen molar-refractivity contribution in [2.45, 2.75) is 13.0 Å². The minimum atomic E-state index is -0.512. The molecule has 8 heteroatoms. The molecule has 0 saturated carbocycles. The molecule has 1 N–H and O–H groups in total. The predicted octanol–water partition coefficient (Wildman–Crippen LogP) is 4.79. The summed E-state index contributed by atoms with van der Waals surface area (Å²) in [6.07, 6.45) is 0. The number of amides is 1. The standard InChI is InChI=1S/C28H23N3O5/c1-3-36-28(34)20-13-15-21(16-14-20)31-25(18-9-11-19(12-10-18)27(33)35-2)22-23(17-7-5-4-6-8-17)29-30-24(22)26(31)32/h4-16,25H,3H2,1-2H3,(H,29,30)/t25-/m0/s1. The number of anilines is 1. The Bertz CT molecular complexity index is 1430. The molecule has 4 aromatic rings. The van der Waals surface area contributed by atoms with E-state index in [0.717, 1.165) is 16.7 Å². The zero-order valence-corrected chi connectivity index (χ0v) is 19.7. The number of esters is 2. The molecule has 1 atom stereocenters. The van der Waals surface area contributed by atoms with Crippen molar-refractivity contribution in [2.75, 3.05) is 18.6 Å². The van der Waals surface area contributed by atoms with Crippen LogP contribution in [-0.2, 0) is 9.47 Å². The Balaban J connectivity index is 1.62. The van der Waals surface area contributed by atoms with Crippen LogP contribution in [-0.4, -0.2) is 41.8 Å². The quantitative estimate of drug-likeness (QED) is 0.398. The number of hydrogen-bond acceptors (Lipinski definition) is 6. The summed E-state index contributed by atoms with van der Waals surface area (Å²) in [4.78, 5) is 39.4. The first-order valence-corrected chi connectivity index (χ1v) is 11.5. The number of carbonyl (C=O) groups is 3. The number of methoxy groups -OCH3 is 1. The van der Waals surface area contributed by atoms with Crippen molar-refractivity contribution in [3.8, 4) is 11.3 Å². The van der Waals surface area contributed by atoms with Gasteiger partial charge in [-0.2, -0.15) is 5.10 Å².